The van der Waals surface area contributed by atoms with E-state index < -0.39 is 0 Å². The van der Waals surface area contributed by atoms with E-state index in [9.17, 15) is 4.79 Å². The summed E-state index contributed by atoms with van der Waals surface area (Å²) in [5, 5.41) is 7.51. The molecule has 2 N–H and O–H groups in total. The van der Waals surface area contributed by atoms with Crippen molar-refractivity contribution in [3.05, 3.63) is 66.6 Å². The Bertz CT molecular complexity index is 1190. The largest absolute Gasteiger partial charge is 0.497 e. The van der Waals surface area contributed by atoms with Crippen LogP contribution in [0.25, 0.3) is 10.9 Å². The molecule has 0 spiro atoms. The van der Waals surface area contributed by atoms with Gasteiger partial charge in [-0.3, -0.25) is 4.79 Å². The van der Waals surface area contributed by atoms with Crippen molar-refractivity contribution in [1.29, 1.82) is 0 Å². The number of hydrogen-bond acceptors (Lipinski definition) is 8. The van der Waals surface area contributed by atoms with Crippen molar-refractivity contribution < 1.29 is 18.7 Å². The summed E-state index contributed by atoms with van der Waals surface area (Å²) in [7, 11) is 3.20. The lowest BCUT2D eigenvalue weighted by molar-refractivity contribution is -0.118. The highest BCUT2D eigenvalue weighted by Crippen LogP contribution is 2.31. The standard InChI is InChI=1S/C23H22N4O4S/c1-29-17-10-15(11-18(12-17)30-2)25-22-19-7-3-4-8-20(19)26-23(27-22)32-14-21(28)24-13-16-6-5-9-31-16/h3-12H,13-14H2,1-2H3,(H,24,28)(H,25,26,27). The number of carbonyl (C=O) groups excluding carboxylic acids is 1. The molecule has 0 unspecified atom stereocenters. The molecule has 32 heavy (non-hydrogen) atoms. The van der Waals surface area contributed by atoms with E-state index in [0.717, 1.165) is 16.6 Å². The molecule has 0 aliphatic heterocycles. The molecule has 0 bridgehead atoms. The molecular formula is C23H22N4O4S. The minimum absolute atomic E-state index is 0.129. The van der Waals surface area contributed by atoms with Crippen molar-refractivity contribution in [2.75, 3.05) is 25.3 Å². The number of anilines is 2. The number of aromatic nitrogens is 2. The fourth-order valence-electron chi connectivity index (χ4n) is 3.01. The van der Waals surface area contributed by atoms with Gasteiger partial charge in [-0.1, -0.05) is 23.9 Å². The number of para-hydroxylation sites is 1. The second-order valence-electron chi connectivity index (χ2n) is 6.74. The number of amides is 1. The number of thioether (sulfide) groups is 1. The summed E-state index contributed by atoms with van der Waals surface area (Å²) < 4.78 is 15.9. The van der Waals surface area contributed by atoms with E-state index in [1.54, 1.807) is 32.6 Å². The number of hydrogen-bond donors (Lipinski definition) is 2. The maximum absolute atomic E-state index is 12.2. The number of nitrogens with one attached hydrogen (secondary N) is 2. The first kappa shape index (κ1) is 21.5. The van der Waals surface area contributed by atoms with Crippen LogP contribution < -0.4 is 20.1 Å². The molecular weight excluding hydrogens is 428 g/mol. The number of rotatable bonds is 9. The Hall–Kier alpha value is -3.72. The Morgan fingerprint density at radius 2 is 1.81 bits per heavy atom. The van der Waals surface area contributed by atoms with Crippen LogP contribution in [-0.4, -0.2) is 35.8 Å². The normalized spacial score (nSPS) is 10.7. The predicted octanol–water partition coefficient (Wildman–Crippen LogP) is 4.39. The fourth-order valence-corrected chi connectivity index (χ4v) is 3.69. The van der Waals surface area contributed by atoms with Gasteiger partial charge in [0.05, 0.1) is 38.3 Å². The van der Waals surface area contributed by atoms with Crippen LogP contribution in [0.2, 0.25) is 0 Å². The Labute approximate surface area is 189 Å². The molecule has 164 valence electrons. The summed E-state index contributed by atoms with van der Waals surface area (Å²) in [4.78, 5) is 21.5. The highest BCUT2D eigenvalue weighted by atomic mass is 32.2. The van der Waals surface area contributed by atoms with Gasteiger partial charge < -0.3 is 24.5 Å². The lowest BCUT2D eigenvalue weighted by Crippen LogP contribution is -2.24. The molecule has 0 aliphatic carbocycles. The summed E-state index contributed by atoms with van der Waals surface area (Å²) in [6.07, 6.45) is 1.57. The van der Waals surface area contributed by atoms with Gasteiger partial charge in [-0.25, -0.2) is 9.97 Å². The van der Waals surface area contributed by atoms with Gasteiger partial charge in [-0.15, -0.1) is 0 Å². The molecule has 2 aromatic heterocycles. The first-order valence-corrected chi connectivity index (χ1v) is 10.8. The topological polar surface area (TPSA) is 98.5 Å². The van der Waals surface area contributed by atoms with Crippen molar-refractivity contribution in [2.45, 2.75) is 11.7 Å². The zero-order valence-electron chi connectivity index (χ0n) is 17.6. The van der Waals surface area contributed by atoms with Gasteiger partial charge in [-0.2, -0.15) is 0 Å². The lowest BCUT2D eigenvalue weighted by atomic mass is 10.2. The third kappa shape index (κ3) is 5.30. The second-order valence-corrected chi connectivity index (χ2v) is 7.69. The summed E-state index contributed by atoms with van der Waals surface area (Å²) in [6.45, 7) is 0.343. The number of furan rings is 1. The van der Waals surface area contributed by atoms with E-state index >= 15 is 0 Å². The van der Waals surface area contributed by atoms with Crippen LogP contribution in [0.5, 0.6) is 11.5 Å². The van der Waals surface area contributed by atoms with Gasteiger partial charge >= 0.3 is 0 Å². The van der Waals surface area contributed by atoms with Crippen molar-refractivity contribution in [1.82, 2.24) is 15.3 Å². The molecule has 0 fully saturated rings. The summed E-state index contributed by atoms with van der Waals surface area (Å²) in [5.41, 5.74) is 1.54. The van der Waals surface area contributed by atoms with Crippen LogP contribution in [0.3, 0.4) is 0 Å². The van der Waals surface area contributed by atoms with E-state index in [1.807, 2.05) is 42.5 Å². The van der Waals surface area contributed by atoms with E-state index in [-0.39, 0.29) is 11.7 Å². The van der Waals surface area contributed by atoms with Crippen LogP contribution in [0.15, 0.2) is 70.4 Å². The molecule has 9 heteroatoms. The number of methoxy groups -OCH3 is 2. The van der Waals surface area contributed by atoms with Crippen molar-refractivity contribution in [3.63, 3.8) is 0 Å². The number of benzene rings is 2. The van der Waals surface area contributed by atoms with E-state index in [2.05, 4.69) is 20.6 Å². The van der Waals surface area contributed by atoms with E-state index in [4.69, 9.17) is 13.9 Å². The Morgan fingerprint density at radius 1 is 1.03 bits per heavy atom. The van der Waals surface area contributed by atoms with Gasteiger partial charge in [-0.05, 0) is 24.3 Å². The molecule has 8 nitrogen and oxygen atoms in total. The molecule has 0 saturated carbocycles. The highest BCUT2D eigenvalue weighted by molar-refractivity contribution is 7.99. The number of carbonyl (C=O) groups is 1. The van der Waals surface area contributed by atoms with Crippen molar-refractivity contribution in [3.8, 4) is 11.5 Å². The first-order chi connectivity index (χ1) is 15.6. The summed E-state index contributed by atoms with van der Waals surface area (Å²) in [5.74, 6) is 2.71. The van der Waals surface area contributed by atoms with Crippen molar-refractivity contribution in [2.24, 2.45) is 0 Å². The smallest absolute Gasteiger partial charge is 0.230 e. The Kier molecular flexibility index (Phi) is 6.76. The third-order valence-corrected chi connectivity index (χ3v) is 5.42. The summed E-state index contributed by atoms with van der Waals surface area (Å²) in [6, 6.07) is 16.8. The SMILES string of the molecule is COc1cc(Nc2nc(SCC(=O)NCc3ccco3)nc3ccccc23)cc(OC)c1. The van der Waals surface area contributed by atoms with Crippen LogP contribution in [0, 0.1) is 0 Å². The van der Waals surface area contributed by atoms with Gasteiger partial charge in [0.1, 0.15) is 23.1 Å². The van der Waals surface area contributed by atoms with Crippen LogP contribution >= 0.6 is 11.8 Å². The molecule has 0 saturated heterocycles. The molecule has 0 atom stereocenters. The second kappa shape index (κ2) is 10.1. The minimum atomic E-state index is -0.129. The Balaban J connectivity index is 1.53. The van der Waals surface area contributed by atoms with Crippen LogP contribution in [-0.2, 0) is 11.3 Å². The molecule has 2 heterocycles. The Morgan fingerprint density at radius 3 is 2.53 bits per heavy atom. The molecule has 4 aromatic rings. The molecule has 0 radical (unpaired) electrons. The lowest BCUT2D eigenvalue weighted by Gasteiger charge is -2.13. The maximum Gasteiger partial charge on any atom is 0.230 e. The average Bonchev–Trinajstić information content (AvgIpc) is 3.35. The number of nitrogens with zero attached hydrogens (tertiary/aromatic N) is 2. The first-order valence-electron chi connectivity index (χ1n) is 9.83. The van der Waals surface area contributed by atoms with Gasteiger partial charge in [0, 0.05) is 29.3 Å². The quantitative estimate of drug-likeness (QED) is 0.286. The molecule has 0 aliphatic rings. The number of ether oxygens (including phenoxy) is 2. The van der Waals surface area contributed by atoms with E-state index in [1.165, 1.54) is 11.8 Å². The minimum Gasteiger partial charge on any atom is -0.497 e. The van der Waals surface area contributed by atoms with Crippen LogP contribution in [0.1, 0.15) is 5.76 Å². The average molecular weight is 451 g/mol. The highest BCUT2D eigenvalue weighted by Gasteiger charge is 2.12. The predicted molar refractivity (Wildman–Crippen MR) is 124 cm³/mol. The number of fused-ring (bicyclic) bond motifs is 1. The van der Waals surface area contributed by atoms with Gasteiger partial charge in [0.2, 0.25) is 5.91 Å². The summed E-state index contributed by atoms with van der Waals surface area (Å²) >= 11 is 1.27. The van der Waals surface area contributed by atoms with Crippen molar-refractivity contribution >= 4 is 40.1 Å². The molecule has 1 amide bonds. The van der Waals surface area contributed by atoms with Gasteiger partial charge in [0.15, 0.2) is 5.16 Å². The zero-order chi connectivity index (χ0) is 22.3. The molecule has 2 aromatic carbocycles. The maximum atomic E-state index is 12.2. The van der Waals surface area contributed by atoms with Gasteiger partial charge in [0.25, 0.3) is 0 Å². The zero-order valence-corrected chi connectivity index (χ0v) is 18.4. The fraction of sp³-hybridized carbons (Fsp3) is 0.174. The van der Waals surface area contributed by atoms with Crippen LogP contribution in [0.4, 0.5) is 11.5 Å². The monoisotopic (exact) mass is 450 g/mol. The molecule has 4 rings (SSSR count). The third-order valence-electron chi connectivity index (χ3n) is 4.57. The van der Waals surface area contributed by atoms with E-state index in [0.29, 0.717) is 34.8 Å².